The molecular formula is C21H27N5O3. The third-order valence-electron chi connectivity index (χ3n) is 4.90. The molecule has 1 fully saturated rings. The molecular weight excluding hydrogens is 370 g/mol. The normalized spacial score (nSPS) is 14.4. The number of benzene rings is 1. The highest BCUT2D eigenvalue weighted by molar-refractivity contribution is 6.03. The molecule has 2 aromatic rings. The summed E-state index contributed by atoms with van der Waals surface area (Å²) in [6, 6.07) is 9.46. The summed E-state index contributed by atoms with van der Waals surface area (Å²) in [7, 11) is 0. The van der Waals surface area contributed by atoms with E-state index >= 15 is 0 Å². The van der Waals surface area contributed by atoms with Crippen molar-refractivity contribution in [3.63, 3.8) is 0 Å². The summed E-state index contributed by atoms with van der Waals surface area (Å²) in [6.07, 6.45) is 1.34. The van der Waals surface area contributed by atoms with E-state index in [1.54, 1.807) is 24.0 Å². The van der Waals surface area contributed by atoms with Crippen molar-refractivity contribution < 1.29 is 14.3 Å². The highest BCUT2D eigenvalue weighted by atomic mass is 16.6. The summed E-state index contributed by atoms with van der Waals surface area (Å²) in [5.74, 6) is 0.321. The second-order valence-corrected chi connectivity index (χ2v) is 7.18. The third-order valence-corrected chi connectivity index (χ3v) is 4.90. The number of amides is 2. The summed E-state index contributed by atoms with van der Waals surface area (Å²) in [4.78, 5) is 25.9. The van der Waals surface area contributed by atoms with Crippen molar-refractivity contribution in [3.8, 4) is 0 Å². The fourth-order valence-corrected chi connectivity index (χ4v) is 3.30. The molecule has 1 aliphatic rings. The van der Waals surface area contributed by atoms with Gasteiger partial charge in [0.1, 0.15) is 5.82 Å². The maximum absolute atomic E-state index is 12.4. The minimum Gasteiger partial charge on any atom is -0.450 e. The molecule has 0 spiro atoms. The lowest BCUT2D eigenvalue weighted by Crippen LogP contribution is -2.42. The Morgan fingerprint density at radius 2 is 1.90 bits per heavy atom. The van der Waals surface area contributed by atoms with Crippen molar-refractivity contribution in [1.29, 1.82) is 0 Å². The molecule has 2 heterocycles. The van der Waals surface area contributed by atoms with Crippen molar-refractivity contribution in [1.82, 2.24) is 15.1 Å². The fourth-order valence-electron chi connectivity index (χ4n) is 3.30. The monoisotopic (exact) mass is 397 g/mol. The van der Waals surface area contributed by atoms with Gasteiger partial charge in [0.2, 0.25) is 0 Å². The van der Waals surface area contributed by atoms with E-state index in [-0.39, 0.29) is 23.7 Å². The minimum atomic E-state index is -0.293. The standard InChI is InChI=1S/C21H27N5O3/c1-4-29-21(28)26-11-9-16(10-12-26)22-19-8-7-18(24-25-19)20(27)23-17-6-5-14(2)13-15(17)3/h5-8,13,16H,4,9-12H2,1-3H3,(H,22,25)(H,23,27). The predicted molar refractivity (Wildman–Crippen MR) is 111 cm³/mol. The molecule has 0 bridgehead atoms. The van der Waals surface area contributed by atoms with Gasteiger partial charge >= 0.3 is 6.09 Å². The van der Waals surface area contributed by atoms with Crippen LogP contribution in [-0.2, 0) is 4.74 Å². The highest BCUT2D eigenvalue weighted by Gasteiger charge is 2.23. The SMILES string of the molecule is CCOC(=O)N1CCC(Nc2ccc(C(=O)Nc3ccc(C)cc3C)nn2)CC1. The summed E-state index contributed by atoms with van der Waals surface area (Å²) >= 11 is 0. The summed E-state index contributed by atoms with van der Waals surface area (Å²) in [5, 5.41) is 14.4. The molecule has 8 heteroatoms. The van der Waals surface area contributed by atoms with Gasteiger partial charge in [-0.15, -0.1) is 10.2 Å². The van der Waals surface area contributed by atoms with E-state index in [1.807, 2.05) is 32.0 Å². The summed E-state index contributed by atoms with van der Waals surface area (Å²) < 4.78 is 5.03. The second kappa shape index (κ2) is 9.36. The lowest BCUT2D eigenvalue weighted by molar-refractivity contribution is 0.0982. The van der Waals surface area contributed by atoms with Crippen molar-refractivity contribution in [3.05, 3.63) is 47.2 Å². The molecule has 1 aromatic heterocycles. The number of aromatic nitrogens is 2. The molecule has 8 nitrogen and oxygen atoms in total. The topological polar surface area (TPSA) is 96.5 Å². The van der Waals surface area contributed by atoms with Gasteiger partial charge < -0.3 is 20.3 Å². The number of rotatable bonds is 5. The maximum Gasteiger partial charge on any atom is 0.409 e. The minimum absolute atomic E-state index is 0.199. The molecule has 1 aromatic carbocycles. The lowest BCUT2D eigenvalue weighted by atomic mass is 10.1. The lowest BCUT2D eigenvalue weighted by Gasteiger charge is -2.31. The zero-order chi connectivity index (χ0) is 20.8. The average Bonchev–Trinajstić information content (AvgIpc) is 2.71. The van der Waals surface area contributed by atoms with Crippen LogP contribution in [0.4, 0.5) is 16.3 Å². The quantitative estimate of drug-likeness (QED) is 0.803. The number of likely N-dealkylation sites (tertiary alicyclic amines) is 1. The maximum atomic E-state index is 12.4. The van der Waals surface area contributed by atoms with Gasteiger partial charge in [-0.25, -0.2) is 4.79 Å². The molecule has 29 heavy (non-hydrogen) atoms. The van der Waals surface area contributed by atoms with E-state index in [4.69, 9.17) is 4.74 Å². The van der Waals surface area contributed by atoms with Crippen LogP contribution in [0.25, 0.3) is 0 Å². The number of nitrogens with one attached hydrogen (secondary N) is 2. The number of aryl methyl sites for hydroxylation is 2. The second-order valence-electron chi connectivity index (χ2n) is 7.18. The zero-order valence-corrected chi connectivity index (χ0v) is 17.1. The van der Waals surface area contributed by atoms with E-state index < -0.39 is 0 Å². The molecule has 1 saturated heterocycles. The first-order valence-electron chi connectivity index (χ1n) is 9.87. The molecule has 0 unspecified atom stereocenters. The predicted octanol–water partition coefficient (Wildman–Crippen LogP) is 3.38. The van der Waals surface area contributed by atoms with Crippen LogP contribution in [-0.4, -0.2) is 52.8 Å². The molecule has 2 amide bonds. The highest BCUT2D eigenvalue weighted by Crippen LogP contribution is 2.18. The number of nitrogens with zero attached hydrogens (tertiary/aromatic N) is 3. The van der Waals surface area contributed by atoms with Crippen molar-refractivity contribution >= 4 is 23.5 Å². The number of hydrogen-bond acceptors (Lipinski definition) is 6. The molecule has 0 atom stereocenters. The molecule has 2 N–H and O–H groups in total. The van der Waals surface area contributed by atoms with Crippen LogP contribution in [0.3, 0.4) is 0 Å². The van der Waals surface area contributed by atoms with Gasteiger partial charge in [0.15, 0.2) is 5.69 Å². The van der Waals surface area contributed by atoms with Crippen molar-refractivity contribution in [2.75, 3.05) is 30.3 Å². The Balaban J connectivity index is 1.52. The van der Waals surface area contributed by atoms with Gasteiger partial charge in [-0.3, -0.25) is 4.79 Å². The van der Waals surface area contributed by atoms with Crippen molar-refractivity contribution in [2.45, 2.75) is 39.7 Å². The van der Waals surface area contributed by atoms with E-state index in [9.17, 15) is 9.59 Å². The average molecular weight is 397 g/mol. The number of piperidine rings is 1. The van der Waals surface area contributed by atoms with Gasteiger partial charge in [-0.2, -0.15) is 0 Å². The number of ether oxygens (including phenoxy) is 1. The fraction of sp³-hybridized carbons (Fsp3) is 0.429. The van der Waals surface area contributed by atoms with Crippen LogP contribution in [0.5, 0.6) is 0 Å². The van der Waals surface area contributed by atoms with Crippen LogP contribution in [0.15, 0.2) is 30.3 Å². The Kier molecular flexibility index (Phi) is 6.64. The first kappa shape index (κ1) is 20.6. The third kappa shape index (κ3) is 5.43. The van der Waals surface area contributed by atoms with Crippen LogP contribution >= 0.6 is 0 Å². The van der Waals surface area contributed by atoms with Gasteiger partial charge in [-0.1, -0.05) is 17.7 Å². The molecule has 3 rings (SSSR count). The van der Waals surface area contributed by atoms with Gasteiger partial charge in [-0.05, 0) is 57.4 Å². The molecule has 1 aliphatic heterocycles. The van der Waals surface area contributed by atoms with Gasteiger partial charge in [0, 0.05) is 24.8 Å². The Bertz CT molecular complexity index is 861. The van der Waals surface area contributed by atoms with Gasteiger partial charge in [0.05, 0.1) is 6.61 Å². The van der Waals surface area contributed by atoms with Crippen LogP contribution < -0.4 is 10.6 Å². The largest absolute Gasteiger partial charge is 0.450 e. The Hall–Kier alpha value is -3.16. The number of carbonyl (C=O) groups is 2. The van der Waals surface area contributed by atoms with E-state index in [0.29, 0.717) is 25.5 Å². The zero-order valence-electron chi connectivity index (χ0n) is 17.1. The van der Waals surface area contributed by atoms with Crippen molar-refractivity contribution in [2.24, 2.45) is 0 Å². The molecule has 154 valence electrons. The molecule has 0 saturated carbocycles. The van der Waals surface area contributed by atoms with Crippen LogP contribution in [0, 0.1) is 13.8 Å². The van der Waals surface area contributed by atoms with Gasteiger partial charge in [0.25, 0.3) is 5.91 Å². The first-order valence-corrected chi connectivity index (χ1v) is 9.87. The van der Waals surface area contributed by atoms with Crippen LogP contribution in [0.1, 0.15) is 41.4 Å². The molecule has 0 radical (unpaired) electrons. The number of anilines is 2. The first-order chi connectivity index (χ1) is 14.0. The molecule has 0 aliphatic carbocycles. The van der Waals surface area contributed by atoms with Crippen LogP contribution in [0.2, 0.25) is 0 Å². The smallest absolute Gasteiger partial charge is 0.409 e. The summed E-state index contributed by atoms with van der Waals surface area (Å²) in [5.41, 5.74) is 3.16. The van der Waals surface area contributed by atoms with E-state index in [1.165, 1.54) is 0 Å². The Labute approximate surface area is 170 Å². The Morgan fingerprint density at radius 1 is 1.14 bits per heavy atom. The van der Waals surface area contributed by atoms with E-state index in [2.05, 4.69) is 20.8 Å². The summed E-state index contributed by atoms with van der Waals surface area (Å²) in [6.45, 7) is 7.43. The van der Waals surface area contributed by atoms with E-state index in [0.717, 1.165) is 29.7 Å². The number of hydrogen-bond donors (Lipinski definition) is 2. The Morgan fingerprint density at radius 3 is 2.52 bits per heavy atom. The number of carbonyl (C=O) groups excluding carboxylic acids is 2.